The topological polar surface area (TPSA) is 96.7 Å². The maximum Gasteiger partial charge on any atom is 0.490 e. The van der Waals surface area contributed by atoms with Crippen LogP contribution in [-0.2, 0) is 27.3 Å². The van der Waals surface area contributed by atoms with Crippen molar-refractivity contribution in [2.24, 2.45) is 5.92 Å². The highest BCUT2D eigenvalue weighted by Crippen LogP contribution is 2.26. The monoisotopic (exact) mass is 482 g/mol. The van der Waals surface area contributed by atoms with Crippen LogP contribution in [0.25, 0.3) is 0 Å². The lowest BCUT2D eigenvalue weighted by atomic mass is 9.96. The number of aromatic nitrogens is 2. The van der Waals surface area contributed by atoms with Crippen LogP contribution in [0.4, 0.5) is 13.2 Å². The smallest absolute Gasteiger partial charge is 0.475 e. The van der Waals surface area contributed by atoms with Gasteiger partial charge in [-0.3, -0.25) is 9.48 Å². The Morgan fingerprint density at radius 3 is 2.47 bits per heavy atom. The molecule has 1 aromatic heterocycles. The molecule has 4 rings (SSSR count). The first-order chi connectivity index (χ1) is 16.1. The third-order valence-electron chi connectivity index (χ3n) is 5.85. The van der Waals surface area contributed by atoms with Gasteiger partial charge in [-0.2, -0.15) is 18.3 Å². The molecule has 0 spiro atoms. The zero-order valence-electron chi connectivity index (χ0n) is 18.9. The average Bonchev–Trinajstić information content (AvgIpc) is 3.21. The molecule has 11 heteroatoms. The molecule has 1 aromatic carbocycles. The van der Waals surface area contributed by atoms with E-state index in [1.165, 1.54) is 11.1 Å². The van der Waals surface area contributed by atoms with Crippen LogP contribution < -0.4 is 5.32 Å². The number of benzene rings is 1. The minimum atomic E-state index is -5.08. The molecule has 0 radical (unpaired) electrons. The highest BCUT2D eigenvalue weighted by Gasteiger charge is 2.38. The molecular weight excluding hydrogens is 453 g/mol. The van der Waals surface area contributed by atoms with Gasteiger partial charge in [0, 0.05) is 18.7 Å². The molecule has 1 saturated heterocycles. The van der Waals surface area contributed by atoms with Crippen molar-refractivity contribution in [1.29, 1.82) is 0 Å². The number of aliphatic carboxylic acids is 1. The normalized spacial score (nSPS) is 19.0. The zero-order chi connectivity index (χ0) is 24.7. The van der Waals surface area contributed by atoms with Crippen LogP contribution in [0, 0.1) is 5.92 Å². The predicted octanol–water partition coefficient (Wildman–Crippen LogP) is 2.64. The lowest BCUT2D eigenvalue weighted by molar-refractivity contribution is -0.192. The fourth-order valence-electron chi connectivity index (χ4n) is 3.95. The summed E-state index contributed by atoms with van der Waals surface area (Å²) in [5, 5.41) is 15.0. The minimum absolute atomic E-state index is 0.125. The summed E-state index contributed by atoms with van der Waals surface area (Å²) < 4.78 is 39.6. The van der Waals surface area contributed by atoms with Gasteiger partial charge in [0.15, 0.2) is 0 Å². The van der Waals surface area contributed by atoms with E-state index in [-0.39, 0.29) is 17.9 Å². The van der Waals surface area contributed by atoms with Gasteiger partial charge in [-0.05, 0) is 50.5 Å². The van der Waals surface area contributed by atoms with Gasteiger partial charge in [-0.15, -0.1) is 0 Å². The Hall–Kier alpha value is -2.92. The minimum Gasteiger partial charge on any atom is -0.475 e. The van der Waals surface area contributed by atoms with Crippen LogP contribution >= 0.6 is 0 Å². The van der Waals surface area contributed by atoms with Crippen molar-refractivity contribution in [2.75, 3.05) is 33.3 Å². The molecule has 8 nitrogen and oxygen atoms in total. The molecule has 0 saturated carbocycles. The molecule has 2 aliphatic heterocycles. The summed E-state index contributed by atoms with van der Waals surface area (Å²) in [6.45, 7) is 3.92. The molecule has 2 aromatic rings. The molecule has 2 N–H and O–H groups in total. The lowest BCUT2D eigenvalue weighted by Gasteiger charge is -2.29. The Morgan fingerprint density at radius 2 is 1.85 bits per heavy atom. The largest absolute Gasteiger partial charge is 0.490 e. The summed E-state index contributed by atoms with van der Waals surface area (Å²) in [4.78, 5) is 23.7. The van der Waals surface area contributed by atoms with Crippen LogP contribution in [0.5, 0.6) is 0 Å². The number of ether oxygens (including phenoxy) is 1. The summed E-state index contributed by atoms with van der Waals surface area (Å²) in [7, 11) is 2.11. The van der Waals surface area contributed by atoms with E-state index in [9.17, 15) is 18.0 Å². The maximum atomic E-state index is 12.5. The second-order valence-electron chi connectivity index (χ2n) is 8.46. The van der Waals surface area contributed by atoms with Crippen molar-refractivity contribution in [3.63, 3.8) is 0 Å². The number of nitrogens with zero attached hydrogens (tertiary/aromatic N) is 3. The Balaban J connectivity index is 0.000000406. The Bertz CT molecular complexity index is 957. The lowest BCUT2D eigenvalue weighted by Crippen LogP contribution is -2.40. The number of halogens is 3. The first-order valence-corrected chi connectivity index (χ1v) is 11.1. The third kappa shape index (κ3) is 7.29. The third-order valence-corrected chi connectivity index (χ3v) is 5.85. The summed E-state index contributed by atoms with van der Waals surface area (Å²) in [6.07, 6.45) is -0.364. The quantitative estimate of drug-likeness (QED) is 0.680. The van der Waals surface area contributed by atoms with E-state index >= 15 is 0 Å². The number of carbonyl (C=O) groups is 2. The number of carbonyl (C=O) groups excluding carboxylic acids is 1. The molecule has 1 amide bonds. The average molecular weight is 483 g/mol. The standard InChI is InChI=1S/C21H28N4O2.C2HF3O2/c1-24-10-7-17(8-11-24)21(26)22-13-19-20-18(9-12-27-19)15-25(23-20)14-16-5-3-2-4-6-16;3-2(4,5)1(6)7/h2-6,15,17,19H,7-14H2,1H3,(H,22,26);(H,6,7). The van der Waals surface area contributed by atoms with E-state index in [0.717, 1.165) is 44.6 Å². The van der Waals surface area contributed by atoms with E-state index in [2.05, 4.69) is 35.6 Å². The van der Waals surface area contributed by atoms with Crippen LogP contribution in [0.2, 0.25) is 0 Å². The van der Waals surface area contributed by atoms with Gasteiger partial charge in [0.25, 0.3) is 0 Å². The van der Waals surface area contributed by atoms with E-state index in [1.807, 2.05) is 22.9 Å². The van der Waals surface area contributed by atoms with Crippen molar-refractivity contribution in [3.8, 4) is 0 Å². The predicted molar refractivity (Wildman–Crippen MR) is 117 cm³/mol. The molecule has 0 aliphatic carbocycles. The first-order valence-electron chi connectivity index (χ1n) is 11.1. The fraction of sp³-hybridized carbons (Fsp3) is 0.522. The van der Waals surface area contributed by atoms with E-state index in [4.69, 9.17) is 19.7 Å². The molecule has 3 heterocycles. The van der Waals surface area contributed by atoms with Crippen molar-refractivity contribution in [1.82, 2.24) is 20.0 Å². The molecular formula is C23H29F3N4O4. The molecule has 2 aliphatic rings. The summed E-state index contributed by atoms with van der Waals surface area (Å²) in [5.74, 6) is -2.48. The number of carboxylic acid groups (broad SMARTS) is 1. The van der Waals surface area contributed by atoms with Gasteiger partial charge in [-0.25, -0.2) is 4.79 Å². The second kappa shape index (κ2) is 11.5. The van der Waals surface area contributed by atoms with E-state index in [1.54, 1.807) is 0 Å². The van der Waals surface area contributed by atoms with Crippen LogP contribution in [-0.4, -0.2) is 71.1 Å². The van der Waals surface area contributed by atoms with Crippen LogP contribution in [0.15, 0.2) is 36.5 Å². The Labute approximate surface area is 195 Å². The number of hydrogen-bond donors (Lipinski definition) is 2. The molecule has 0 bridgehead atoms. The van der Waals surface area contributed by atoms with E-state index < -0.39 is 12.1 Å². The molecule has 1 fully saturated rings. The van der Waals surface area contributed by atoms with Gasteiger partial charge in [-0.1, -0.05) is 30.3 Å². The number of rotatable bonds is 5. The summed E-state index contributed by atoms with van der Waals surface area (Å²) in [5.41, 5.74) is 3.43. The second-order valence-corrected chi connectivity index (χ2v) is 8.46. The van der Waals surface area contributed by atoms with Crippen molar-refractivity contribution >= 4 is 11.9 Å². The SMILES string of the molecule is CN1CCC(C(=O)NCC2OCCc3cn(Cc4ccccc4)nc32)CC1.O=C(O)C(F)(F)F. The molecule has 1 atom stereocenters. The number of alkyl halides is 3. The molecule has 186 valence electrons. The van der Waals surface area contributed by atoms with Crippen molar-refractivity contribution in [3.05, 3.63) is 53.3 Å². The molecule has 1 unspecified atom stereocenters. The van der Waals surface area contributed by atoms with Gasteiger partial charge < -0.3 is 20.1 Å². The van der Waals surface area contributed by atoms with E-state index in [0.29, 0.717) is 13.2 Å². The number of amides is 1. The van der Waals surface area contributed by atoms with Crippen molar-refractivity contribution in [2.45, 2.75) is 38.1 Å². The Morgan fingerprint density at radius 1 is 1.21 bits per heavy atom. The van der Waals surface area contributed by atoms with Crippen LogP contribution in [0.3, 0.4) is 0 Å². The zero-order valence-corrected chi connectivity index (χ0v) is 18.9. The highest BCUT2D eigenvalue weighted by molar-refractivity contribution is 5.78. The highest BCUT2D eigenvalue weighted by atomic mass is 19.4. The van der Waals surface area contributed by atoms with Gasteiger partial charge in [0.05, 0.1) is 18.8 Å². The molecule has 34 heavy (non-hydrogen) atoms. The number of fused-ring (bicyclic) bond motifs is 1. The summed E-state index contributed by atoms with van der Waals surface area (Å²) >= 11 is 0. The number of carboxylic acids is 1. The number of likely N-dealkylation sites (tertiary alicyclic amines) is 1. The Kier molecular flexibility index (Phi) is 8.67. The summed E-state index contributed by atoms with van der Waals surface area (Å²) in [6, 6.07) is 10.3. The number of hydrogen-bond acceptors (Lipinski definition) is 5. The van der Waals surface area contributed by atoms with Gasteiger partial charge in [0.1, 0.15) is 6.10 Å². The van der Waals surface area contributed by atoms with Crippen molar-refractivity contribution < 1.29 is 32.6 Å². The fourth-order valence-corrected chi connectivity index (χ4v) is 3.95. The number of nitrogens with one attached hydrogen (secondary N) is 1. The van der Waals surface area contributed by atoms with Crippen LogP contribution in [0.1, 0.15) is 35.8 Å². The first kappa shape index (κ1) is 25.7. The maximum absolute atomic E-state index is 12.5. The van der Waals surface area contributed by atoms with Gasteiger partial charge >= 0.3 is 12.1 Å². The number of piperidine rings is 1. The van der Waals surface area contributed by atoms with Gasteiger partial charge in [0.2, 0.25) is 5.91 Å².